The van der Waals surface area contributed by atoms with Gasteiger partial charge < -0.3 is 10.3 Å². The van der Waals surface area contributed by atoms with E-state index in [0.717, 1.165) is 18.7 Å². The maximum Gasteiger partial charge on any atom is 0.255 e. The number of aromatic nitrogens is 2. The molecule has 0 bridgehead atoms. The van der Waals surface area contributed by atoms with Gasteiger partial charge in [0.25, 0.3) is 5.56 Å². The van der Waals surface area contributed by atoms with Crippen molar-refractivity contribution in [3.63, 3.8) is 0 Å². The summed E-state index contributed by atoms with van der Waals surface area (Å²) in [6, 6.07) is 0. The maximum absolute atomic E-state index is 11.4. The Morgan fingerprint density at radius 1 is 1.54 bits per heavy atom. The van der Waals surface area contributed by atoms with E-state index in [-0.39, 0.29) is 5.56 Å². The normalized spacial score (nSPS) is 10.1. The number of hydrogen-bond acceptors (Lipinski definition) is 3. The van der Waals surface area contributed by atoms with Crippen LogP contribution in [0.1, 0.15) is 24.7 Å². The molecule has 2 N–H and O–H groups in total. The molecule has 0 saturated carbocycles. The molecule has 13 heavy (non-hydrogen) atoms. The van der Waals surface area contributed by atoms with Gasteiger partial charge >= 0.3 is 0 Å². The third-order valence-electron chi connectivity index (χ3n) is 1.92. The van der Waals surface area contributed by atoms with Gasteiger partial charge in [-0.3, -0.25) is 4.79 Å². The van der Waals surface area contributed by atoms with Gasteiger partial charge in [0.2, 0.25) is 0 Å². The minimum atomic E-state index is -0.0530. The van der Waals surface area contributed by atoms with E-state index < -0.39 is 0 Å². The zero-order valence-corrected chi connectivity index (χ0v) is 8.27. The summed E-state index contributed by atoms with van der Waals surface area (Å²) in [7, 11) is 1.77. The van der Waals surface area contributed by atoms with Crippen LogP contribution < -0.4 is 10.9 Å². The molecule has 0 radical (unpaired) electrons. The van der Waals surface area contributed by atoms with Gasteiger partial charge in [-0.2, -0.15) is 0 Å². The monoisotopic (exact) mass is 181 g/mol. The molecule has 0 fully saturated rings. The fourth-order valence-corrected chi connectivity index (χ4v) is 1.18. The highest BCUT2D eigenvalue weighted by atomic mass is 16.1. The smallest absolute Gasteiger partial charge is 0.255 e. The van der Waals surface area contributed by atoms with E-state index in [1.54, 1.807) is 14.0 Å². The third-order valence-corrected chi connectivity index (χ3v) is 1.92. The second kappa shape index (κ2) is 4.07. The van der Waals surface area contributed by atoms with Crippen LogP contribution in [0.5, 0.6) is 0 Å². The molecular formula is C9H15N3O. The van der Waals surface area contributed by atoms with Gasteiger partial charge in [-0.1, -0.05) is 6.92 Å². The van der Waals surface area contributed by atoms with Gasteiger partial charge in [0.15, 0.2) is 0 Å². The molecule has 0 spiro atoms. The van der Waals surface area contributed by atoms with Crippen molar-refractivity contribution >= 4 is 5.82 Å². The fourth-order valence-electron chi connectivity index (χ4n) is 1.18. The molecule has 0 amide bonds. The average Bonchev–Trinajstić information content (AvgIpc) is 2.11. The van der Waals surface area contributed by atoms with Crippen LogP contribution in [-0.2, 0) is 6.42 Å². The molecule has 0 atom stereocenters. The first-order valence-electron chi connectivity index (χ1n) is 4.46. The molecule has 1 rings (SSSR count). The predicted octanol–water partition coefficient (Wildman–Crippen LogP) is 1.07. The molecule has 72 valence electrons. The Morgan fingerprint density at radius 2 is 2.23 bits per heavy atom. The Balaban J connectivity index is 3.14. The van der Waals surface area contributed by atoms with Crippen LogP contribution in [-0.4, -0.2) is 17.0 Å². The molecule has 4 nitrogen and oxygen atoms in total. The van der Waals surface area contributed by atoms with Gasteiger partial charge in [0.05, 0.1) is 5.56 Å². The zero-order valence-electron chi connectivity index (χ0n) is 8.27. The Morgan fingerprint density at radius 3 is 2.77 bits per heavy atom. The van der Waals surface area contributed by atoms with Crippen LogP contribution in [0.25, 0.3) is 0 Å². The van der Waals surface area contributed by atoms with Crippen LogP contribution in [0.3, 0.4) is 0 Å². The number of H-pyrrole nitrogens is 1. The van der Waals surface area contributed by atoms with Crippen LogP contribution in [0.2, 0.25) is 0 Å². The zero-order chi connectivity index (χ0) is 9.84. The van der Waals surface area contributed by atoms with Crippen LogP contribution in [0.4, 0.5) is 5.82 Å². The summed E-state index contributed by atoms with van der Waals surface area (Å²) in [5.41, 5.74) is 0.588. The second-order valence-corrected chi connectivity index (χ2v) is 2.99. The summed E-state index contributed by atoms with van der Waals surface area (Å²) in [4.78, 5) is 18.4. The average molecular weight is 181 g/mol. The van der Waals surface area contributed by atoms with Crippen molar-refractivity contribution in [2.24, 2.45) is 0 Å². The summed E-state index contributed by atoms with van der Waals surface area (Å²) in [5.74, 6) is 1.43. The number of anilines is 1. The Kier molecular flexibility index (Phi) is 3.06. The number of hydrogen-bond donors (Lipinski definition) is 2. The van der Waals surface area contributed by atoms with Gasteiger partial charge in [0.1, 0.15) is 11.6 Å². The van der Waals surface area contributed by atoms with Gasteiger partial charge in [0, 0.05) is 13.5 Å². The first-order chi connectivity index (χ1) is 6.19. The summed E-state index contributed by atoms with van der Waals surface area (Å²) < 4.78 is 0. The number of nitrogens with zero attached hydrogens (tertiary/aromatic N) is 1. The highest BCUT2D eigenvalue weighted by Gasteiger charge is 2.04. The molecular weight excluding hydrogens is 166 g/mol. The van der Waals surface area contributed by atoms with Crippen LogP contribution in [0, 0.1) is 6.92 Å². The first kappa shape index (κ1) is 9.77. The maximum atomic E-state index is 11.4. The first-order valence-corrected chi connectivity index (χ1v) is 4.46. The van der Waals surface area contributed by atoms with Crippen molar-refractivity contribution < 1.29 is 0 Å². The Bertz CT molecular complexity index is 343. The largest absolute Gasteiger partial charge is 0.373 e. The van der Waals surface area contributed by atoms with E-state index in [9.17, 15) is 4.79 Å². The van der Waals surface area contributed by atoms with E-state index in [4.69, 9.17) is 0 Å². The summed E-state index contributed by atoms with van der Waals surface area (Å²) in [6.07, 6.45) is 1.79. The number of rotatable bonds is 3. The van der Waals surface area contributed by atoms with E-state index in [1.165, 1.54) is 0 Å². The van der Waals surface area contributed by atoms with E-state index in [0.29, 0.717) is 11.4 Å². The lowest BCUT2D eigenvalue weighted by molar-refractivity contribution is 0.822. The molecule has 0 aliphatic heterocycles. The SMILES string of the molecule is CCCc1nc(NC)c(C)c(=O)[nH]1. The Labute approximate surface area is 77.4 Å². The van der Waals surface area contributed by atoms with Crippen molar-refractivity contribution in [1.82, 2.24) is 9.97 Å². The summed E-state index contributed by atoms with van der Waals surface area (Å²) in [5, 5.41) is 2.90. The highest BCUT2D eigenvalue weighted by molar-refractivity contribution is 5.41. The van der Waals surface area contributed by atoms with Crippen molar-refractivity contribution in [2.45, 2.75) is 26.7 Å². The second-order valence-electron chi connectivity index (χ2n) is 2.99. The predicted molar refractivity (Wildman–Crippen MR) is 53.1 cm³/mol. The molecule has 4 heteroatoms. The molecule has 0 aromatic carbocycles. The lowest BCUT2D eigenvalue weighted by Crippen LogP contribution is -2.17. The summed E-state index contributed by atoms with van der Waals surface area (Å²) >= 11 is 0. The van der Waals surface area contributed by atoms with Crippen molar-refractivity contribution in [3.8, 4) is 0 Å². The lowest BCUT2D eigenvalue weighted by atomic mass is 10.3. The fraction of sp³-hybridized carbons (Fsp3) is 0.556. The van der Waals surface area contributed by atoms with Crippen LogP contribution in [0.15, 0.2) is 4.79 Å². The minimum absolute atomic E-state index is 0.0530. The molecule has 0 unspecified atom stereocenters. The minimum Gasteiger partial charge on any atom is -0.373 e. The van der Waals surface area contributed by atoms with Crippen LogP contribution >= 0.6 is 0 Å². The molecule has 0 aliphatic rings. The number of aryl methyl sites for hydroxylation is 1. The molecule has 1 aromatic heterocycles. The molecule has 0 saturated heterocycles. The van der Waals surface area contributed by atoms with Crippen molar-refractivity contribution in [1.29, 1.82) is 0 Å². The van der Waals surface area contributed by atoms with E-state index in [1.807, 2.05) is 0 Å². The lowest BCUT2D eigenvalue weighted by Gasteiger charge is -2.05. The molecule has 0 aliphatic carbocycles. The molecule has 1 heterocycles. The summed E-state index contributed by atoms with van der Waals surface area (Å²) in [6.45, 7) is 3.81. The topological polar surface area (TPSA) is 57.8 Å². The quantitative estimate of drug-likeness (QED) is 0.733. The van der Waals surface area contributed by atoms with Gasteiger partial charge in [-0.25, -0.2) is 4.98 Å². The number of nitrogens with one attached hydrogen (secondary N) is 2. The van der Waals surface area contributed by atoms with Gasteiger partial charge in [-0.05, 0) is 13.3 Å². The van der Waals surface area contributed by atoms with E-state index in [2.05, 4.69) is 22.2 Å². The Hall–Kier alpha value is -1.32. The molecule has 1 aromatic rings. The van der Waals surface area contributed by atoms with Crippen molar-refractivity contribution in [3.05, 3.63) is 21.7 Å². The highest BCUT2D eigenvalue weighted by Crippen LogP contribution is 2.05. The van der Waals surface area contributed by atoms with Gasteiger partial charge in [-0.15, -0.1) is 0 Å². The van der Waals surface area contributed by atoms with Crippen molar-refractivity contribution in [2.75, 3.05) is 12.4 Å². The van der Waals surface area contributed by atoms with E-state index >= 15 is 0 Å². The number of aromatic amines is 1. The third kappa shape index (κ3) is 2.08. The standard InChI is InChI=1S/C9H15N3O/c1-4-5-7-11-8(10-3)6(2)9(13)12-7/h4-5H2,1-3H3,(H2,10,11,12,13).